The molecular weight excluding hydrogens is 363 g/mol. The number of rotatable bonds is 7. The van der Waals surface area contributed by atoms with E-state index >= 15 is 0 Å². The van der Waals surface area contributed by atoms with Crippen molar-refractivity contribution < 1.29 is 8.42 Å². The summed E-state index contributed by atoms with van der Waals surface area (Å²) in [5, 5.41) is 0. The highest BCUT2D eigenvalue weighted by molar-refractivity contribution is 14.1. The maximum atomic E-state index is 12.0. The number of likely N-dealkylation sites (N-methyl/N-ethyl adjacent to an activating group) is 1. The number of hydrogen-bond donors (Lipinski definition) is 1. The predicted octanol–water partition coefficient (Wildman–Crippen LogP) is 1.91. The molecule has 0 aliphatic carbocycles. The molecular formula is C12H19IN2O2S. The van der Waals surface area contributed by atoms with E-state index in [2.05, 4.69) is 39.1 Å². The molecule has 0 bridgehead atoms. The highest BCUT2D eigenvalue weighted by Gasteiger charge is 2.12. The summed E-state index contributed by atoms with van der Waals surface area (Å²) in [5.41, 5.74) is 0. The maximum absolute atomic E-state index is 12.0. The number of hydrogen-bond acceptors (Lipinski definition) is 3. The molecule has 1 N–H and O–H groups in total. The SMILES string of the molecule is CCCN(C)CCNS(=O)(=O)c1ccc(I)cc1. The Hall–Kier alpha value is -0.180. The zero-order chi connectivity index (χ0) is 13.6. The van der Waals surface area contributed by atoms with Crippen LogP contribution in [0.5, 0.6) is 0 Å². The molecule has 102 valence electrons. The molecule has 0 radical (unpaired) electrons. The summed E-state index contributed by atoms with van der Waals surface area (Å²) in [5.74, 6) is 0. The van der Waals surface area contributed by atoms with E-state index in [1.807, 2.05) is 7.05 Å². The molecule has 0 amide bonds. The van der Waals surface area contributed by atoms with Gasteiger partial charge in [-0.3, -0.25) is 0 Å². The van der Waals surface area contributed by atoms with Crippen LogP contribution in [0.25, 0.3) is 0 Å². The highest BCUT2D eigenvalue weighted by Crippen LogP contribution is 2.11. The van der Waals surface area contributed by atoms with Crippen LogP contribution in [-0.4, -0.2) is 40.0 Å². The molecule has 1 rings (SSSR count). The van der Waals surface area contributed by atoms with Crippen LogP contribution in [0, 0.1) is 3.57 Å². The molecule has 0 fully saturated rings. The first-order valence-corrected chi connectivity index (χ1v) is 8.45. The van der Waals surface area contributed by atoms with E-state index in [0.717, 1.165) is 23.1 Å². The van der Waals surface area contributed by atoms with Crippen LogP contribution in [0.15, 0.2) is 29.2 Å². The molecule has 0 aromatic heterocycles. The first-order valence-electron chi connectivity index (χ1n) is 5.89. The fourth-order valence-corrected chi connectivity index (χ4v) is 2.94. The molecule has 1 aromatic rings. The molecule has 18 heavy (non-hydrogen) atoms. The lowest BCUT2D eigenvalue weighted by molar-refractivity contribution is 0.340. The van der Waals surface area contributed by atoms with Crippen LogP contribution >= 0.6 is 22.6 Å². The van der Waals surface area contributed by atoms with Crippen molar-refractivity contribution in [1.29, 1.82) is 0 Å². The van der Waals surface area contributed by atoms with Crippen molar-refractivity contribution in [2.75, 3.05) is 26.7 Å². The van der Waals surface area contributed by atoms with Crippen molar-refractivity contribution in [3.8, 4) is 0 Å². The summed E-state index contributed by atoms with van der Waals surface area (Å²) in [6.45, 7) is 4.24. The second-order valence-electron chi connectivity index (χ2n) is 4.15. The summed E-state index contributed by atoms with van der Waals surface area (Å²) in [6.07, 6.45) is 1.07. The van der Waals surface area contributed by atoms with Gasteiger partial charge in [-0.1, -0.05) is 6.92 Å². The van der Waals surface area contributed by atoms with E-state index in [0.29, 0.717) is 11.4 Å². The lowest BCUT2D eigenvalue weighted by Crippen LogP contribution is -2.33. The Morgan fingerprint density at radius 3 is 2.39 bits per heavy atom. The van der Waals surface area contributed by atoms with Crippen LogP contribution in [0.4, 0.5) is 0 Å². The number of nitrogens with one attached hydrogen (secondary N) is 1. The first kappa shape index (κ1) is 15.9. The Kier molecular flexibility index (Phi) is 6.54. The van der Waals surface area contributed by atoms with Crippen LogP contribution in [0.3, 0.4) is 0 Å². The number of nitrogens with zero attached hydrogens (tertiary/aromatic N) is 1. The Bertz CT molecular complexity index is 459. The van der Waals surface area contributed by atoms with Gasteiger partial charge in [-0.2, -0.15) is 0 Å². The molecule has 6 heteroatoms. The van der Waals surface area contributed by atoms with Gasteiger partial charge in [0.1, 0.15) is 0 Å². The normalized spacial score (nSPS) is 12.0. The number of halogens is 1. The molecule has 0 saturated carbocycles. The molecule has 0 aliphatic heterocycles. The lowest BCUT2D eigenvalue weighted by Gasteiger charge is -2.15. The van der Waals surface area contributed by atoms with Gasteiger partial charge in [0, 0.05) is 16.7 Å². The average Bonchev–Trinajstić information content (AvgIpc) is 2.29. The van der Waals surface area contributed by atoms with Gasteiger partial charge in [-0.15, -0.1) is 0 Å². The second kappa shape index (κ2) is 7.42. The van der Waals surface area contributed by atoms with Crippen LogP contribution in [0.1, 0.15) is 13.3 Å². The summed E-state index contributed by atoms with van der Waals surface area (Å²) < 4.78 is 27.5. The van der Waals surface area contributed by atoms with E-state index < -0.39 is 10.0 Å². The fourth-order valence-electron chi connectivity index (χ4n) is 1.56. The van der Waals surface area contributed by atoms with E-state index in [4.69, 9.17) is 0 Å². The highest BCUT2D eigenvalue weighted by atomic mass is 127. The van der Waals surface area contributed by atoms with Crippen molar-refractivity contribution >= 4 is 32.6 Å². The van der Waals surface area contributed by atoms with Gasteiger partial charge in [0.15, 0.2) is 0 Å². The van der Waals surface area contributed by atoms with Gasteiger partial charge in [0.05, 0.1) is 4.90 Å². The van der Waals surface area contributed by atoms with Crippen molar-refractivity contribution in [2.45, 2.75) is 18.2 Å². The molecule has 0 heterocycles. The summed E-state index contributed by atoms with van der Waals surface area (Å²) in [7, 11) is -1.38. The van der Waals surface area contributed by atoms with Gasteiger partial charge in [-0.25, -0.2) is 13.1 Å². The number of benzene rings is 1. The standard InChI is InChI=1S/C12H19IN2O2S/c1-3-9-15(2)10-8-14-18(16,17)12-6-4-11(13)5-7-12/h4-7,14H,3,8-10H2,1-2H3. The first-order chi connectivity index (χ1) is 8.45. The predicted molar refractivity (Wildman–Crippen MR) is 82.1 cm³/mol. The minimum Gasteiger partial charge on any atom is -0.305 e. The van der Waals surface area contributed by atoms with E-state index in [-0.39, 0.29) is 0 Å². The number of sulfonamides is 1. The third-order valence-corrected chi connectivity index (χ3v) is 4.71. The zero-order valence-electron chi connectivity index (χ0n) is 10.7. The Morgan fingerprint density at radius 1 is 1.22 bits per heavy atom. The summed E-state index contributed by atoms with van der Waals surface area (Å²) >= 11 is 2.15. The fraction of sp³-hybridized carbons (Fsp3) is 0.500. The molecule has 0 aliphatic rings. The van der Waals surface area contributed by atoms with E-state index in [1.54, 1.807) is 24.3 Å². The second-order valence-corrected chi connectivity index (χ2v) is 7.17. The van der Waals surface area contributed by atoms with Gasteiger partial charge in [0.2, 0.25) is 10.0 Å². The van der Waals surface area contributed by atoms with Gasteiger partial charge < -0.3 is 4.90 Å². The third-order valence-electron chi connectivity index (χ3n) is 2.51. The monoisotopic (exact) mass is 382 g/mol. The maximum Gasteiger partial charge on any atom is 0.240 e. The summed E-state index contributed by atoms with van der Waals surface area (Å²) in [4.78, 5) is 2.43. The van der Waals surface area contributed by atoms with Gasteiger partial charge >= 0.3 is 0 Å². The molecule has 0 unspecified atom stereocenters. The lowest BCUT2D eigenvalue weighted by atomic mass is 10.4. The van der Waals surface area contributed by atoms with Crippen molar-refractivity contribution in [3.63, 3.8) is 0 Å². The van der Waals surface area contributed by atoms with Crippen LogP contribution in [0.2, 0.25) is 0 Å². The minimum atomic E-state index is -3.37. The molecule has 0 spiro atoms. The minimum absolute atomic E-state index is 0.320. The molecule has 1 aromatic carbocycles. The van der Waals surface area contributed by atoms with Crippen molar-refractivity contribution in [3.05, 3.63) is 27.8 Å². The zero-order valence-corrected chi connectivity index (χ0v) is 13.7. The Balaban J connectivity index is 2.52. The van der Waals surface area contributed by atoms with E-state index in [1.165, 1.54) is 0 Å². The quantitative estimate of drug-likeness (QED) is 0.733. The van der Waals surface area contributed by atoms with Gasteiger partial charge in [-0.05, 0) is 66.9 Å². The van der Waals surface area contributed by atoms with Crippen molar-refractivity contribution in [2.24, 2.45) is 0 Å². The van der Waals surface area contributed by atoms with E-state index in [9.17, 15) is 8.42 Å². The largest absolute Gasteiger partial charge is 0.305 e. The Morgan fingerprint density at radius 2 is 1.83 bits per heavy atom. The van der Waals surface area contributed by atoms with Crippen molar-refractivity contribution in [1.82, 2.24) is 9.62 Å². The summed E-state index contributed by atoms with van der Waals surface area (Å²) in [6, 6.07) is 6.83. The van der Waals surface area contributed by atoms with Gasteiger partial charge in [0.25, 0.3) is 0 Å². The molecule has 0 saturated heterocycles. The Labute approximate surface area is 123 Å². The van der Waals surface area contributed by atoms with Crippen LogP contribution < -0.4 is 4.72 Å². The average molecular weight is 382 g/mol. The smallest absolute Gasteiger partial charge is 0.240 e. The topological polar surface area (TPSA) is 49.4 Å². The molecule has 0 atom stereocenters. The molecule has 4 nitrogen and oxygen atoms in total. The van der Waals surface area contributed by atoms with Crippen LogP contribution in [-0.2, 0) is 10.0 Å². The third kappa shape index (κ3) is 5.21.